The van der Waals surface area contributed by atoms with E-state index in [-0.39, 0.29) is 17.2 Å². The number of carboxylic acids is 1. The number of amides is 1. The Balaban J connectivity index is 0.931. The summed E-state index contributed by atoms with van der Waals surface area (Å²) in [5.74, 6) is 1.93. The largest absolute Gasteiger partial charge is 0.494 e. The van der Waals surface area contributed by atoms with Gasteiger partial charge in [-0.25, -0.2) is 4.79 Å². The Morgan fingerprint density at radius 1 is 0.934 bits per heavy atom. The summed E-state index contributed by atoms with van der Waals surface area (Å²) < 4.78 is 12.9. The standard InChI is InChI=1S/C51H57ClN4O5/c1-34(33-61-46-18-25-54-45-12-3-7-35(2)48(45)46)27-40-29-39-14-15-43(60-26-6-13-47(57)55-32-36-8-4-9-38(28-36)37-16-23-53-24-17-37)31-44(39)50(40)19-21-51(22-20-50,49(58)59)56-42-11-5-10-41(52)30-42/h4-5,8-11,14-18,23-25,28,30-31,34-35,40,56H,3,6-7,12-13,19-22,26-27,29,32-33H2,1-2H3,(H,55,57)(H,58,59)/t34-,35-,40+,50?,51?/m1/s1. The Morgan fingerprint density at radius 3 is 2.56 bits per heavy atom. The lowest BCUT2D eigenvalue weighted by Gasteiger charge is -2.47. The van der Waals surface area contributed by atoms with Crippen LogP contribution in [0.15, 0.2) is 104 Å². The van der Waals surface area contributed by atoms with Crippen LogP contribution in [0.25, 0.3) is 11.1 Å². The van der Waals surface area contributed by atoms with Gasteiger partial charge in [0.1, 0.15) is 17.0 Å². The highest BCUT2D eigenvalue weighted by atomic mass is 35.5. The molecule has 0 radical (unpaired) electrons. The van der Waals surface area contributed by atoms with E-state index < -0.39 is 11.5 Å². The van der Waals surface area contributed by atoms with Crippen LogP contribution in [-0.4, -0.2) is 45.7 Å². The van der Waals surface area contributed by atoms with Gasteiger partial charge in [-0.2, -0.15) is 0 Å². The van der Waals surface area contributed by atoms with Gasteiger partial charge in [-0.1, -0.05) is 55.8 Å². The normalized spacial score (nSPS) is 22.1. The molecule has 1 amide bonds. The Hall–Kier alpha value is -5.41. The molecule has 3 aromatic carbocycles. The van der Waals surface area contributed by atoms with E-state index in [0.717, 1.165) is 73.1 Å². The number of nitrogens with one attached hydrogen (secondary N) is 2. The van der Waals surface area contributed by atoms with E-state index in [0.29, 0.717) is 68.0 Å². The first kappa shape index (κ1) is 42.3. The van der Waals surface area contributed by atoms with Gasteiger partial charge < -0.3 is 25.2 Å². The minimum atomic E-state index is -1.10. The highest BCUT2D eigenvalue weighted by molar-refractivity contribution is 6.30. The zero-order chi connectivity index (χ0) is 42.4. The number of pyridine rings is 2. The Kier molecular flexibility index (Phi) is 13.0. The molecule has 0 unspecified atom stereocenters. The van der Waals surface area contributed by atoms with Gasteiger partial charge in [-0.3, -0.25) is 14.8 Å². The van der Waals surface area contributed by atoms with E-state index in [2.05, 4.69) is 64.8 Å². The number of carbonyl (C=O) groups is 2. The van der Waals surface area contributed by atoms with Crippen molar-refractivity contribution in [3.63, 3.8) is 0 Å². The second kappa shape index (κ2) is 18.7. The number of nitrogens with zero attached hydrogens (tertiary/aromatic N) is 2. The first-order valence-corrected chi connectivity index (χ1v) is 22.4. The fraction of sp³-hybridized carbons (Fsp3) is 0.412. The zero-order valence-electron chi connectivity index (χ0n) is 35.3. The van der Waals surface area contributed by atoms with Crippen LogP contribution in [0.1, 0.15) is 106 Å². The minimum absolute atomic E-state index is 0.0133. The number of hydrogen-bond donors (Lipinski definition) is 3. The number of rotatable bonds is 16. The number of hydrogen-bond acceptors (Lipinski definition) is 7. The summed E-state index contributed by atoms with van der Waals surface area (Å²) in [5, 5.41) is 17.8. The van der Waals surface area contributed by atoms with Gasteiger partial charge in [0.15, 0.2) is 0 Å². The van der Waals surface area contributed by atoms with Crippen molar-refractivity contribution >= 4 is 29.2 Å². The number of ether oxygens (including phenoxy) is 2. The van der Waals surface area contributed by atoms with Crippen LogP contribution in [0.4, 0.5) is 5.69 Å². The molecule has 0 bridgehead atoms. The first-order chi connectivity index (χ1) is 29.6. The third-order valence-electron chi connectivity index (χ3n) is 13.5. The molecule has 3 aliphatic carbocycles. The molecule has 2 aromatic heterocycles. The molecular formula is C51H57ClN4O5. The molecule has 0 aliphatic heterocycles. The lowest BCUT2D eigenvalue weighted by molar-refractivity contribution is -0.144. The summed E-state index contributed by atoms with van der Waals surface area (Å²) in [7, 11) is 0. The van der Waals surface area contributed by atoms with Crippen molar-refractivity contribution in [3.05, 3.63) is 136 Å². The lowest BCUT2D eigenvalue weighted by Crippen LogP contribution is -2.53. The maximum Gasteiger partial charge on any atom is 0.329 e. The summed E-state index contributed by atoms with van der Waals surface area (Å²) in [4.78, 5) is 34.7. The van der Waals surface area contributed by atoms with Crippen molar-refractivity contribution < 1.29 is 24.2 Å². The highest BCUT2D eigenvalue weighted by Gasteiger charge is 2.54. The summed E-state index contributed by atoms with van der Waals surface area (Å²) in [6, 6.07) is 27.9. The number of benzene rings is 3. The van der Waals surface area contributed by atoms with Crippen molar-refractivity contribution in [2.45, 2.75) is 108 Å². The zero-order valence-corrected chi connectivity index (χ0v) is 36.1. The molecule has 1 fully saturated rings. The van der Waals surface area contributed by atoms with Crippen LogP contribution in [0, 0.1) is 11.8 Å². The molecule has 61 heavy (non-hydrogen) atoms. The molecule has 0 saturated heterocycles. The number of fused-ring (bicyclic) bond motifs is 3. The van der Waals surface area contributed by atoms with Gasteiger partial charge in [0, 0.05) is 53.5 Å². The topological polar surface area (TPSA) is 123 Å². The maximum absolute atomic E-state index is 13.1. The maximum atomic E-state index is 13.1. The minimum Gasteiger partial charge on any atom is -0.494 e. The Labute approximate surface area is 364 Å². The molecular weight excluding hydrogens is 784 g/mol. The number of halogens is 1. The molecule has 9 nitrogen and oxygen atoms in total. The molecule has 1 saturated carbocycles. The molecule has 2 heterocycles. The molecule has 8 rings (SSSR count). The average Bonchev–Trinajstić information content (AvgIpc) is 3.55. The summed E-state index contributed by atoms with van der Waals surface area (Å²) in [6.45, 7) is 6.04. The van der Waals surface area contributed by atoms with Crippen molar-refractivity contribution in [2.75, 3.05) is 18.5 Å². The van der Waals surface area contributed by atoms with Crippen molar-refractivity contribution in [2.24, 2.45) is 11.8 Å². The average molecular weight is 841 g/mol. The molecule has 3 aliphatic rings. The van der Waals surface area contributed by atoms with Gasteiger partial charge in [0.05, 0.1) is 13.2 Å². The van der Waals surface area contributed by atoms with Crippen LogP contribution in [0.3, 0.4) is 0 Å². The number of carbonyl (C=O) groups excluding carboxylic acids is 1. The van der Waals surface area contributed by atoms with Crippen LogP contribution in [0.2, 0.25) is 5.02 Å². The SMILES string of the molecule is C[C@@H](COc1ccnc2c1[C@H](C)CCC2)C[C@H]1Cc2ccc(OCCCC(=O)NCc3cccc(-c4ccncc4)c3)cc2C12CCC(Nc1cccc(Cl)c1)(C(=O)O)CC2. The van der Waals surface area contributed by atoms with Crippen LogP contribution in [0.5, 0.6) is 11.5 Å². The monoisotopic (exact) mass is 840 g/mol. The smallest absolute Gasteiger partial charge is 0.329 e. The molecule has 1 spiro atoms. The second-order valence-electron chi connectivity index (χ2n) is 17.7. The number of aryl methyl sites for hydroxylation is 1. The van der Waals surface area contributed by atoms with E-state index >= 15 is 0 Å². The van der Waals surface area contributed by atoms with E-state index in [9.17, 15) is 14.7 Å². The Bertz CT molecular complexity index is 2330. The van der Waals surface area contributed by atoms with Gasteiger partial charge in [0.25, 0.3) is 0 Å². The van der Waals surface area contributed by atoms with Crippen molar-refractivity contribution in [1.82, 2.24) is 15.3 Å². The van der Waals surface area contributed by atoms with Crippen molar-refractivity contribution in [3.8, 4) is 22.6 Å². The van der Waals surface area contributed by atoms with Crippen LogP contribution in [-0.2, 0) is 34.4 Å². The summed E-state index contributed by atoms with van der Waals surface area (Å²) >= 11 is 6.32. The van der Waals surface area contributed by atoms with Gasteiger partial charge >= 0.3 is 5.97 Å². The van der Waals surface area contributed by atoms with E-state index in [1.807, 2.05) is 48.7 Å². The second-order valence-corrected chi connectivity index (χ2v) is 18.1. The van der Waals surface area contributed by atoms with Gasteiger partial charge in [0.2, 0.25) is 5.91 Å². The molecule has 3 atom stereocenters. The van der Waals surface area contributed by atoms with Crippen molar-refractivity contribution in [1.29, 1.82) is 0 Å². The summed E-state index contributed by atoms with van der Waals surface area (Å²) in [6.07, 6.45) is 14.0. The molecule has 10 heteroatoms. The van der Waals surface area contributed by atoms with Gasteiger partial charge in [-0.05, 0) is 170 Å². The molecule has 3 N–H and O–H groups in total. The third kappa shape index (κ3) is 9.57. The predicted molar refractivity (Wildman–Crippen MR) is 240 cm³/mol. The predicted octanol–water partition coefficient (Wildman–Crippen LogP) is 10.7. The summed E-state index contributed by atoms with van der Waals surface area (Å²) in [5.41, 5.74) is 7.63. The number of aromatic nitrogens is 2. The van der Waals surface area contributed by atoms with E-state index in [4.69, 9.17) is 21.1 Å². The number of anilines is 1. The van der Waals surface area contributed by atoms with Gasteiger partial charge in [-0.15, -0.1) is 0 Å². The Morgan fingerprint density at radius 2 is 1.75 bits per heavy atom. The molecule has 5 aromatic rings. The lowest BCUT2D eigenvalue weighted by atomic mass is 9.59. The van der Waals surface area contributed by atoms with Crippen LogP contribution >= 0.6 is 11.6 Å². The highest BCUT2D eigenvalue weighted by Crippen LogP contribution is 2.57. The first-order valence-electron chi connectivity index (χ1n) is 22.0. The van der Waals surface area contributed by atoms with E-state index in [1.54, 1.807) is 24.5 Å². The quantitative estimate of drug-likeness (QED) is 0.0840. The van der Waals surface area contributed by atoms with E-state index in [1.165, 1.54) is 22.4 Å². The van der Waals surface area contributed by atoms with Crippen LogP contribution < -0.4 is 20.1 Å². The number of aliphatic carboxylic acids is 1. The number of carboxylic acid groups (broad SMARTS) is 1. The fourth-order valence-electron chi connectivity index (χ4n) is 10.3. The fourth-order valence-corrected chi connectivity index (χ4v) is 10.5. The molecule has 318 valence electrons. The third-order valence-corrected chi connectivity index (χ3v) is 13.7.